The Morgan fingerprint density at radius 2 is 1.96 bits per heavy atom. The lowest BCUT2D eigenvalue weighted by atomic mass is 10.2. The third-order valence-corrected chi connectivity index (χ3v) is 4.63. The molecular formula is C18H20ClF3N4O2. The first kappa shape index (κ1) is 21.7. The molecule has 0 spiro atoms. The van der Waals surface area contributed by atoms with Gasteiger partial charge in [0.05, 0.1) is 16.4 Å². The maximum absolute atomic E-state index is 12.6. The van der Waals surface area contributed by atoms with Gasteiger partial charge in [0.25, 0.3) is 0 Å². The van der Waals surface area contributed by atoms with Crippen LogP contribution in [0.4, 0.5) is 18.9 Å². The molecule has 6 nitrogen and oxygen atoms in total. The number of halogens is 4. The van der Waals surface area contributed by atoms with E-state index in [0.717, 1.165) is 0 Å². The molecule has 0 aliphatic carbocycles. The van der Waals surface area contributed by atoms with Gasteiger partial charge in [0.15, 0.2) is 0 Å². The summed E-state index contributed by atoms with van der Waals surface area (Å²) in [4.78, 5) is 24.4. The predicted molar refractivity (Wildman–Crippen MR) is 98.9 cm³/mol. The van der Waals surface area contributed by atoms with Crippen LogP contribution in [0.2, 0.25) is 5.02 Å². The Labute approximate surface area is 165 Å². The molecule has 0 fully saturated rings. The molecule has 152 valence electrons. The van der Waals surface area contributed by atoms with Gasteiger partial charge in [-0.3, -0.25) is 14.3 Å². The summed E-state index contributed by atoms with van der Waals surface area (Å²) in [6.07, 6.45) is -4.93. The molecule has 0 bridgehead atoms. The topological polar surface area (TPSA) is 67.2 Å². The Morgan fingerprint density at radius 3 is 2.50 bits per heavy atom. The fraction of sp³-hybridized carbons (Fsp3) is 0.389. The van der Waals surface area contributed by atoms with Crippen LogP contribution in [0.1, 0.15) is 23.9 Å². The minimum Gasteiger partial charge on any atom is -0.331 e. The molecule has 0 radical (unpaired) electrons. The second-order valence-corrected chi connectivity index (χ2v) is 6.59. The van der Waals surface area contributed by atoms with Crippen molar-refractivity contribution in [3.8, 4) is 0 Å². The standard InChI is InChI=1S/C18H20ClF3N4O2/c1-4-25(17(28)18(20,21)22)9-13-6-5-7-14(8-13)23-15(27)10-26-12(3)16(19)11(2)24-26/h5-8H,4,9-10H2,1-3H3,(H,23,27). The van der Waals surface area contributed by atoms with Crippen LogP contribution >= 0.6 is 11.6 Å². The maximum atomic E-state index is 12.6. The Hall–Kier alpha value is -2.55. The van der Waals surface area contributed by atoms with Gasteiger partial charge in [-0.25, -0.2) is 0 Å². The van der Waals surface area contributed by atoms with E-state index in [1.165, 1.54) is 17.7 Å². The van der Waals surface area contributed by atoms with E-state index in [0.29, 0.717) is 32.6 Å². The van der Waals surface area contributed by atoms with E-state index in [-0.39, 0.29) is 25.5 Å². The lowest BCUT2D eigenvalue weighted by Crippen LogP contribution is -2.40. The van der Waals surface area contributed by atoms with Gasteiger partial charge in [0.1, 0.15) is 6.54 Å². The number of benzene rings is 1. The number of aromatic nitrogens is 2. The summed E-state index contributed by atoms with van der Waals surface area (Å²) >= 11 is 6.06. The van der Waals surface area contributed by atoms with Gasteiger partial charge in [0, 0.05) is 18.8 Å². The minimum absolute atomic E-state index is 0.0583. The average Bonchev–Trinajstić information content (AvgIpc) is 2.85. The third-order valence-electron chi connectivity index (χ3n) is 4.08. The van der Waals surface area contributed by atoms with Crippen molar-refractivity contribution < 1.29 is 22.8 Å². The molecule has 1 aromatic heterocycles. The number of aryl methyl sites for hydroxylation is 1. The number of anilines is 1. The first-order valence-electron chi connectivity index (χ1n) is 8.47. The van der Waals surface area contributed by atoms with Crippen LogP contribution in [-0.2, 0) is 22.7 Å². The van der Waals surface area contributed by atoms with Crippen LogP contribution in [-0.4, -0.2) is 39.2 Å². The number of alkyl halides is 3. The Bertz CT molecular complexity index is 880. The van der Waals surface area contributed by atoms with Crippen molar-refractivity contribution in [2.45, 2.75) is 40.0 Å². The summed E-state index contributed by atoms with van der Waals surface area (Å²) < 4.78 is 39.4. The highest BCUT2D eigenvalue weighted by Gasteiger charge is 2.41. The molecule has 0 aliphatic rings. The largest absolute Gasteiger partial charge is 0.471 e. The zero-order chi connectivity index (χ0) is 21.1. The molecule has 2 rings (SSSR count). The molecular weight excluding hydrogens is 397 g/mol. The fourth-order valence-electron chi connectivity index (χ4n) is 2.64. The van der Waals surface area contributed by atoms with Crippen molar-refractivity contribution in [2.75, 3.05) is 11.9 Å². The number of carbonyl (C=O) groups excluding carboxylic acids is 2. The molecule has 0 saturated carbocycles. The van der Waals surface area contributed by atoms with Crippen LogP contribution in [0.5, 0.6) is 0 Å². The van der Waals surface area contributed by atoms with Crippen molar-refractivity contribution in [3.05, 3.63) is 46.2 Å². The molecule has 28 heavy (non-hydrogen) atoms. The van der Waals surface area contributed by atoms with Crippen LogP contribution in [0.25, 0.3) is 0 Å². The summed E-state index contributed by atoms with van der Waals surface area (Å²) in [5.74, 6) is -2.26. The second-order valence-electron chi connectivity index (χ2n) is 6.21. The van der Waals surface area contributed by atoms with E-state index >= 15 is 0 Å². The first-order chi connectivity index (χ1) is 13.0. The molecule has 1 aromatic carbocycles. The molecule has 2 amide bonds. The number of rotatable bonds is 6. The Morgan fingerprint density at radius 1 is 1.29 bits per heavy atom. The number of hydrogen-bond acceptors (Lipinski definition) is 3. The molecule has 0 unspecified atom stereocenters. The summed E-state index contributed by atoms with van der Waals surface area (Å²) in [7, 11) is 0. The van der Waals surface area contributed by atoms with Gasteiger partial charge in [0.2, 0.25) is 5.91 Å². The number of carbonyl (C=O) groups is 2. The van der Waals surface area contributed by atoms with Crippen molar-refractivity contribution in [3.63, 3.8) is 0 Å². The molecule has 0 atom stereocenters. The van der Waals surface area contributed by atoms with Crippen molar-refractivity contribution >= 4 is 29.1 Å². The molecule has 1 N–H and O–H groups in total. The molecule has 10 heteroatoms. The van der Waals surface area contributed by atoms with Crippen LogP contribution in [0, 0.1) is 13.8 Å². The van der Waals surface area contributed by atoms with E-state index in [1.54, 1.807) is 32.0 Å². The molecule has 1 heterocycles. The lowest BCUT2D eigenvalue weighted by Gasteiger charge is -2.22. The quantitative estimate of drug-likeness (QED) is 0.780. The molecule has 0 aliphatic heterocycles. The normalized spacial score (nSPS) is 11.4. The monoisotopic (exact) mass is 416 g/mol. The Balaban J connectivity index is 2.07. The van der Waals surface area contributed by atoms with Gasteiger partial charge in [-0.15, -0.1) is 0 Å². The number of amides is 2. The molecule has 0 saturated heterocycles. The van der Waals surface area contributed by atoms with E-state index in [9.17, 15) is 22.8 Å². The smallest absolute Gasteiger partial charge is 0.331 e. The second kappa shape index (κ2) is 8.64. The summed E-state index contributed by atoms with van der Waals surface area (Å²) in [5, 5.41) is 7.33. The van der Waals surface area contributed by atoms with Crippen molar-refractivity contribution in [1.29, 1.82) is 0 Å². The van der Waals surface area contributed by atoms with Gasteiger partial charge in [-0.2, -0.15) is 18.3 Å². The zero-order valence-corrected chi connectivity index (χ0v) is 16.4. The van der Waals surface area contributed by atoms with E-state index in [2.05, 4.69) is 10.4 Å². The zero-order valence-electron chi connectivity index (χ0n) is 15.6. The van der Waals surface area contributed by atoms with Crippen molar-refractivity contribution in [1.82, 2.24) is 14.7 Å². The average molecular weight is 417 g/mol. The van der Waals surface area contributed by atoms with E-state index < -0.39 is 12.1 Å². The summed E-state index contributed by atoms with van der Waals surface area (Å²) in [6.45, 7) is 4.58. The highest BCUT2D eigenvalue weighted by Crippen LogP contribution is 2.21. The van der Waals surface area contributed by atoms with Crippen LogP contribution < -0.4 is 5.32 Å². The number of hydrogen-bond donors (Lipinski definition) is 1. The lowest BCUT2D eigenvalue weighted by molar-refractivity contribution is -0.185. The number of nitrogens with one attached hydrogen (secondary N) is 1. The van der Waals surface area contributed by atoms with Gasteiger partial charge < -0.3 is 10.2 Å². The maximum Gasteiger partial charge on any atom is 0.471 e. The highest BCUT2D eigenvalue weighted by molar-refractivity contribution is 6.31. The Kier molecular flexibility index (Phi) is 6.71. The fourth-order valence-corrected chi connectivity index (χ4v) is 2.78. The predicted octanol–water partition coefficient (Wildman–Crippen LogP) is 3.70. The van der Waals surface area contributed by atoms with Gasteiger partial charge >= 0.3 is 12.1 Å². The van der Waals surface area contributed by atoms with Crippen LogP contribution in [0.3, 0.4) is 0 Å². The number of nitrogens with zero attached hydrogens (tertiary/aromatic N) is 3. The molecule has 2 aromatic rings. The minimum atomic E-state index is -4.93. The summed E-state index contributed by atoms with van der Waals surface area (Å²) in [6, 6.07) is 6.32. The van der Waals surface area contributed by atoms with Gasteiger partial charge in [-0.1, -0.05) is 23.7 Å². The SMILES string of the molecule is CCN(Cc1cccc(NC(=O)Cn2nc(C)c(Cl)c2C)c1)C(=O)C(F)(F)F. The van der Waals surface area contributed by atoms with E-state index in [4.69, 9.17) is 11.6 Å². The third kappa shape index (κ3) is 5.25. The van der Waals surface area contributed by atoms with Gasteiger partial charge in [-0.05, 0) is 38.5 Å². The first-order valence-corrected chi connectivity index (χ1v) is 8.85. The highest BCUT2D eigenvalue weighted by atomic mass is 35.5. The van der Waals surface area contributed by atoms with Crippen LogP contribution in [0.15, 0.2) is 24.3 Å². The summed E-state index contributed by atoms with van der Waals surface area (Å²) in [5.41, 5.74) is 2.15. The van der Waals surface area contributed by atoms with Crippen molar-refractivity contribution in [2.24, 2.45) is 0 Å². The van der Waals surface area contributed by atoms with E-state index in [1.807, 2.05) is 0 Å².